The molecule has 0 spiro atoms. The summed E-state index contributed by atoms with van der Waals surface area (Å²) in [5.74, 6) is 1.47. The van der Waals surface area contributed by atoms with Gasteiger partial charge in [0.1, 0.15) is 5.58 Å². The summed E-state index contributed by atoms with van der Waals surface area (Å²) in [6, 6.07) is 8.65. The summed E-state index contributed by atoms with van der Waals surface area (Å²) in [5, 5.41) is 4.66. The van der Waals surface area contributed by atoms with Gasteiger partial charge in [0.15, 0.2) is 0 Å². The third kappa shape index (κ3) is 2.09. The van der Waals surface area contributed by atoms with Crippen molar-refractivity contribution in [3.8, 4) is 0 Å². The summed E-state index contributed by atoms with van der Waals surface area (Å²) in [4.78, 5) is 0. The van der Waals surface area contributed by atoms with Crippen molar-refractivity contribution in [3.63, 3.8) is 0 Å². The highest BCUT2D eigenvalue weighted by Crippen LogP contribution is 2.32. The Hall–Kier alpha value is -1.28. The van der Waals surface area contributed by atoms with Gasteiger partial charge in [-0.1, -0.05) is 13.0 Å². The number of nitrogens with one attached hydrogen (secondary N) is 1. The van der Waals surface area contributed by atoms with E-state index in [1.807, 2.05) is 6.07 Å². The minimum Gasteiger partial charge on any atom is -0.464 e. The van der Waals surface area contributed by atoms with Crippen LogP contribution in [0.1, 0.15) is 31.2 Å². The van der Waals surface area contributed by atoms with Crippen molar-refractivity contribution >= 4 is 11.0 Å². The Labute approximate surface area is 102 Å². The maximum atomic E-state index is 5.39. The molecular weight excluding hydrogens is 210 g/mol. The van der Waals surface area contributed by atoms with Gasteiger partial charge in [0.2, 0.25) is 0 Å². The largest absolute Gasteiger partial charge is 0.464 e. The number of rotatable bonds is 2. The molecule has 2 nitrogen and oxygen atoms in total. The van der Waals surface area contributed by atoms with E-state index in [1.165, 1.54) is 36.9 Å². The highest BCUT2D eigenvalue weighted by Gasteiger charge is 2.21. The van der Waals surface area contributed by atoms with Crippen LogP contribution in [0.2, 0.25) is 0 Å². The minimum atomic E-state index is 0.649. The van der Waals surface area contributed by atoms with E-state index in [0.717, 1.165) is 11.5 Å². The topological polar surface area (TPSA) is 25.2 Å². The van der Waals surface area contributed by atoms with E-state index < -0.39 is 0 Å². The van der Waals surface area contributed by atoms with Gasteiger partial charge in [0, 0.05) is 5.39 Å². The lowest BCUT2D eigenvalue weighted by Crippen LogP contribution is -2.30. The lowest BCUT2D eigenvalue weighted by atomic mass is 9.81. The molecule has 2 aromatic rings. The second kappa shape index (κ2) is 4.53. The molecule has 1 aliphatic heterocycles. The number of piperidine rings is 1. The van der Waals surface area contributed by atoms with E-state index in [-0.39, 0.29) is 0 Å². The Morgan fingerprint density at radius 2 is 2.06 bits per heavy atom. The predicted octanol–water partition coefficient (Wildman–Crippen LogP) is 3.54. The van der Waals surface area contributed by atoms with Crippen LogP contribution >= 0.6 is 0 Å². The molecule has 90 valence electrons. The molecule has 1 fully saturated rings. The van der Waals surface area contributed by atoms with E-state index in [0.29, 0.717) is 5.92 Å². The number of hydrogen-bond donors (Lipinski definition) is 1. The monoisotopic (exact) mass is 229 g/mol. The van der Waals surface area contributed by atoms with Crippen LogP contribution in [0.4, 0.5) is 0 Å². The first-order valence-electron chi connectivity index (χ1n) is 6.52. The van der Waals surface area contributed by atoms with Crippen LogP contribution in [-0.4, -0.2) is 13.1 Å². The summed E-state index contributed by atoms with van der Waals surface area (Å²) in [5.41, 5.74) is 2.44. The summed E-state index contributed by atoms with van der Waals surface area (Å²) in [7, 11) is 0. The van der Waals surface area contributed by atoms with Crippen molar-refractivity contribution in [2.75, 3.05) is 13.1 Å². The first kappa shape index (κ1) is 10.8. The molecule has 17 heavy (non-hydrogen) atoms. The lowest BCUT2D eigenvalue weighted by molar-refractivity contribution is 0.330. The molecular formula is C15H19NO. The van der Waals surface area contributed by atoms with E-state index in [2.05, 4.69) is 30.4 Å². The molecule has 1 atom stereocenters. The van der Waals surface area contributed by atoms with Gasteiger partial charge in [0.25, 0.3) is 0 Å². The number of fused-ring (bicyclic) bond motifs is 1. The summed E-state index contributed by atoms with van der Waals surface area (Å²) < 4.78 is 5.39. The minimum absolute atomic E-state index is 0.649. The van der Waals surface area contributed by atoms with Gasteiger partial charge in [-0.15, -0.1) is 0 Å². The lowest BCUT2D eigenvalue weighted by Gasteiger charge is -2.28. The molecule has 0 aliphatic carbocycles. The smallest absolute Gasteiger partial charge is 0.133 e. The third-order valence-corrected chi connectivity index (χ3v) is 4.09. The first-order valence-corrected chi connectivity index (χ1v) is 6.52. The molecule has 1 saturated heterocycles. The van der Waals surface area contributed by atoms with Crippen LogP contribution in [0.25, 0.3) is 11.0 Å². The first-order chi connectivity index (χ1) is 8.34. The Morgan fingerprint density at radius 3 is 2.88 bits per heavy atom. The molecule has 3 rings (SSSR count). The maximum absolute atomic E-state index is 5.39. The molecule has 0 radical (unpaired) electrons. The third-order valence-electron chi connectivity index (χ3n) is 4.09. The number of furan rings is 1. The van der Waals surface area contributed by atoms with Crippen LogP contribution in [0.15, 0.2) is 34.9 Å². The van der Waals surface area contributed by atoms with Gasteiger partial charge in [-0.25, -0.2) is 0 Å². The predicted molar refractivity (Wildman–Crippen MR) is 70.2 cm³/mol. The van der Waals surface area contributed by atoms with Crippen LogP contribution in [0.3, 0.4) is 0 Å². The van der Waals surface area contributed by atoms with Crippen molar-refractivity contribution in [1.82, 2.24) is 5.32 Å². The number of benzene rings is 1. The standard InChI is InChI=1S/C15H19NO/c1-11(12-4-7-16-8-5-12)13-2-3-15-14(10-13)6-9-17-15/h2-3,6,9-12,16H,4-5,7-8H2,1H3. The SMILES string of the molecule is CC(c1ccc2occc2c1)C1CCNCC1. The average molecular weight is 229 g/mol. The molecule has 0 bridgehead atoms. The van der Waals surface area contributed by atoms with Gasteiger partial charge < -0.3 is 9.73 Å². The highest BCUT2D eigenvalue weighted by molar-refractivity contribution is 5.77. The molecule has 2 heterocycles. The number of hydrogen-bond acceptors (Lipinski definition) is 2. The van der Waals surface area contributed by atoms with Crippen LogP contribution in [0, 0.1) is 5.92 Å². The molecule has 0 saturated carbocycles. The van der Waals surface area contributed by atoms with Crippen molar-refractivity contribution in [2.45, 2.75) is 25.7 Å². The van der Waals surface area contributed by atoms with Gasteiger partial charge in [-0.2, -0.15) is 0 Å². The zero-order valence-corrected chi connectivity index (χ0v) is 10.3. The Kier molecular flexibility index (Phi) is 2.89. The van der Waals surface area contributed by atoms with Gasteiger partial charge in [-0.05, 0) is 61.5 Å². The summed E-state index contributed by atoms with van der Waals surface area (Å²) in [6.07, 6.45) is 4.36. The average Bonchev–Trinajstić information content (AvgIpc) is 2.86. The van der Waals surface area contributed by atoms with E-state index in [1.54, 1.807) is 6.26 Å². The summed E-state index contributed by atoms with van der Waals surface area (Å²) in [6.45, 7) is 4.70. The Balaban J connectivity index is 1.86. The summed E-state index contributed by atoms with van der Waals surface area (Å²) >= 11 is 0. The second-order valence-electron chi connectivity index (χ2n) is 5.09. The van der Waals surface area contributed by atoms with Crippen LogP contribution < -0.4 is 5.32 Å². The van der Waals surface area contributed by atoms with E-state index >= 15 is 0 Å². The molecule has 1 unspecified atom stereocenters. The van der Waals surface area contributed by atoms with Gasteiger partial charge in [-0.3, -0.25) is 0 Å². The van der Waals surface area contributed by atoms with Crippen molar-refractivity contribution < 1.29 is 4.42 Å². The van der Waals surface area contributed by atoms with E-state index in [9.17, 15) is 0 Å². The van der Waals surface area contributed by atoms with Crippen LogP contribution in [-0.2, 0) is 0 Å². The molecule has 1 aromatic heterocycles. The fourth-order valence-corrected chi connectivity index (χ4v) is 2.88. The highest BCUT2D eigenvalue weighted by atomic mass is 16.3. The molecule has 0 amide bonds. The Bertz CT molecular complexity index is 496. The second-order valence-corrected chi connectivity index (χ2v) is 5.09. The fourth-order valence-electron chi connectivity index (χ4n) is 2.88. The normalized spacial score (nSPS) is 19.6. The van der Waals surface area contributed by atoms with Gasteiger partial charge in [0.05, 0.1) is 6.26 Å². The van der Waals surface area contributed by atoms with Gasteiger partial charge >= 0.3 is 0 Å². The van der Waals surface area contributed by atoms with Crippen molar-refractivity contribution in [1.29, 1.82) is 0 Å². The maximum Gasteiger partial charge on any atom is 0.133 e. The molecule has 1 N–H and O–H groups in total. The zero-order valence-electron chi connectivity index (χ0n) is 10.3. The Morgan fingerprint density at radius 1 is 1.24 bits per heavy atom. The molecule has 2 heteroatoms. The fraction of sp³-hybridized carbons (Fsp3) is 0.467. The van der Waals surface area contributed by atoms with Crippen molar-refractivity contribution in [3.05, 3.63) is 36.1 Å². The molecule has 1 aromatic carbocycles. The molecule has 1 aliphatic rings. The van der Waals surface area contributed by atoms with Crippen molar-refractivity contribution in [2.24, 2.45) is 5.92 Å². The van der Waals surface area contributed by atoms with E-state index in [4.69, 9.17) is 4.42 Å². The zero-order chi connectivity index (χ0) is 11.7. The quantitative estimate of drug-likeness (QED) is 0.852. The van der Waals surface area contributed by atoms with Crippen LogP contribution in [0.5, 0.6) is 0 Å².